The number of thiophene rings is 1. The molecule has 0 amide bonds. The number of aryl methyl sites for hydroxylation is 1. The summed E-state index contributed by atoms with van der Waals surface area (Å²) in [6.45, 7) is 2.06. The van der Waals surface area contributed by atoms with E-state index in [9.17, 15) is 4.79 Å². The van der Waals surface area contributed by atoms with Gasteiger partial charge in [-0.25, -0.2) is 4.98 Å². The number of aromatic amines is 1. The standard InChI is InChI=1S/C25H19N5O2S2/c1-14-10-21-28-29-25(30(21)19-11-16(32-2)8-9-17(14)19)34-13-20-26-23(31)22-18(12-33-24(22)27-20)15-6-4-3-5-7-15/h3-12H,13H2,1-2H3,(H,26,27,31). The van der Waals surface area contributed by atoms with E-state index in [0.717, 1.165) is 49.0 Å². The Labute approximate surface area is 202 Å². The van der Waals surface area contributed by atoms with Crippen LogP contribution in [0, 0.1) is 6.92 Å². The van der Waals surface area contributed by atoms with Gasteiger partial charge in [0.25, 0.3) is 5.56 Å². The van der Waals surface area contributed by atoms with Crippen LogP contribution in [-0.4, -0.2) is 31.7 Å². The van der Waals surface area contributed by atoms with Gasteiger partial charge in [0.1, 0.15) is 16.4 Å². The number of methoxy groups -OCH3 is 1. The first kappa shape index (κ1) is 20.9. The van der Waals surface area contributed by atoms with Crippen LogP contribution in [0.1, 0.15) is 11.4 Å². The van der Waals surface area contributed by atoms with Crippen molar-refractivity contribution >= 4 is 49.9 Å². The van der Waals surface area contributed by atoms with Gasteiger partial charge in [0.05, 0.1) is 23.8 Å². The summed E-state index contributed by atoms with van der Waals surface area (Å²) in [6.07, 6.45) is 0. The van der Waals surface area contributed by atoms with Crippen molar-refractivity contribution in [2.45, 2.75) is 17.8 Å². The molecule has 0 aliphatic carbocycles. The Balaban J connectivity index is 1.37. The summed E-state index contributed by atoms with van der Waals surface area (Å²) in [7, 11) is 1.65. The van der Waals surface area contributed by atoms with Crippen molar-refractivity contribution in [3.63, 3.8) is 0 Å². The predicted octanol–water partition coefficient (Wildman–Crippen LogP) is 5.46. The number of benzene rings is 2. The van der Waals surface area contributed by atoms with E-state index in [4.69, 9.17) is 9.72 Å². The highest BCUT2D eigenvalue weighted by molar-refractivity contribution is 7.98. The third-order valence-electron chi connectivity index (χ3n) is 5.79. The molecular weight excluding hydrogens is 466 g/mol. The highest BCUT2D eigenvalue weighted by atomic mass is 32.2. The van der Waals surface area contributed by atoms with Crippen LogP contribution in [0.4, 0.5) is 0 Å². The first-order valence-electron chi connectivity index (χ1n) is 10.6. The maximum Gasteiger partial charge on any atom is 0.260 e. The fraction of sp³-hybridized carbons (Fsp3) is 0.120. The lowest BCUT2D eigenvalue weighted by molar-refractivity contribution is 0.415. The minimum Gasteiger partial charge on any atom is -0.497 e. The van der Waals surface area contributed by atoms with E-state index < -0.39 is 0 Å². The number of hydrogen-bond acceptors (Lipinski definition) is 7. The van der Waals surface area contributed by atoms with Crippen LogP contribution in [0.3, 0.4) is 0 Å². The molecule has 0 fully saturated rings. The average Bonchev–Trinajstić information content (AvgIpc) is 3.47. The summed E-state index contributed by atoms with van der Waals surface area (Å²) in [6, 6.07) is 17.9. The molecule has 6 aromatic rings. The van der Waals surface area contributed by atoms with Crippen molar-refractivity contribution in [1.82, 2.24) is 24.6 Å². The summed E-state index contributed by atoms with van der Waals surface area (Å²) in [4.78, 5) is 21.4. The van der Waals surface area contributed by atoms with Crippen LogP contribution in [0.25, 0.3) is 37.9 Å². The van der Waals surface area contributed by atoms with Crippen LogP contribution in [0.15, 0.2) is 69.9 Å². The van der Waals surface area contributed by atoms with E-state index >= 15 is 0 Å². The van der Waals surface area contributed by atoms with E-state index in [1.807, 2.05) is 64.4 Å². The van der Waals surface area contributed by atoms with E-state index in [2.05, 4.69) is 22.1 Å². The van der Waals surface area contributed by atoms with Gasteiger partial charge >= 0.3 is 0 Å². The molecule has 2 aromatic carbocycles. The maximum atomic E-state index is 13.0. The third-order valence-corrected chi connectivity index (χ3v) is 7.60. The van der Waals surface area contributed by atoms with E-state index in [1.54, 1.807) is 7.11 Å². The largest absolute Gasteiger partial charge is 0.497 e. The molecule has 0 saturated heterocycles. The second-order valence-corrected chi connectivity index (χ2v) is 9.68. The molecule has 168 valence electrons. The van der Waals surface area contributed by atoms with Crippen LogP contribution in [0.5, 0.6) is 5.75 Å². The van der Waals surface area contributed by atoms with Gasteiger partial charge in [0, 0.05) is 22.4 Å². The minimum absolute atomic E-state index is 0.127. The Morgan fingerprint density at radius 2 is 1.97 bits per heavy atom. The molecule has 7 nitrogen and oxygen atoms in total. The molecular formula is C25H19N5O2S2. The highest BCUT2D eigenvalue weighted by Gasteiger charge is 2.16. The van der Waals surface area contributed by atoms with Gasteiger partial charge in [-0.3, -0.25) is 9.20 Å². The van der Waals surface area contributed by atoms with Gasteiger partial charge < -0.3 is 9.72 Å². The fourth-order valence-corrected chi connectivity index (χ4v) is 5.94. The molecule has 0 radical (unpaired) electrons. The second-order valence-electron chi connectivity index (χ2n) is 7.88. The number of thioether (sulfide) groups is 1. The summed E-state index contributed by atoms with van der Waals surface area (Å²) >= 11 is 2.97. The first-order chi connectivity index (χ1) is 16.6. The van der Waals surface area contributed by atoms with Crippen molar-refractivity contribution in [3.05, 3.63) is 81.7 Å². The predicted molar refractivity (Wildman–Crippen MR) is 137 cm³/mol. The molecule has 0 bridgehead atoms. The minimum atomic E-state index is -0.127. The number of nitrogens with zero attached hydrogens (tertiary/aromatic N) is 4. The molecule has 4 aromatic heterocycles. The number of H-pyrrole nitrogens is 1. The summed E-state index contributed by atoms with van der Waals surface area (Å²) in [5, 5.41) is 13.2. The van der Waals surface area contributed by atoms with E-state index in [0.29, 0.717) is 17.0 Å². The van der Waals surface area contributed by atoms with E-state index in [-0.39, 0.29) is 5.56 Å². The maximum absolute atomic E-state index is 13.0. The molecule has 0 saturated carbocycles. The zero-order chi connectivity index (χ0) is 23.2. The molecule has 1 N–H and O–H groups in total. The van der Waals surface area contributed by atoms with Crippen LogP contribution in [-0.2, 0) is 5.75 Å². The van der Waals surface area contributed by atoms with Crippen LogP contribution < -0.4 is 10.3 Å². The monoisotopic (exact) mass is 485 g/mol. The van der Waals surface area contributed by atoms with Crippen molar-refractivity contribution in [2.24, 2.45) is 0 Å². The Hall–Kier alpha value is -3.69. The summed E-state index contributed by atoms with van der Waals surface area (Å²) in [5.41, 5.74) is 4.66. The quantitative estimate of drug-likeness (QED) is 0.327. The lowest BCUT2D eigenvalue weighted by Gasteiger charge is -2.09. The lowest BCUT2D eigenvalue weighted by Crippen LogP contribution is -2.10. The normalized spacial score (nSPS) is 11.6. The van der Waals surface area contributed by atoms with Crippen LogP contribution in [0.2, 0.25) is 0 Å². The molecule has 6 rings (SSSR count). The van der Waals surface area contributed by atoms with Crippen molar-refractivity contribution in [3.8, 4) is 16.9 Å². The van der Waals surface area contributed by atoms with Gasteiger partial charge in [-0.15, -0.1) is 21.5 Å². The smallest absolute Gasteiger partial charge is 0.260 e. The lowest BCUT2D eigenvalue weighted by atomic mass is 10.1. The number of ether oxygens (including phenoxy) is 1. The number of aromatic nitrogens is 5. The van der Waals surface area contributed by atoms with Gasteiger partial charge in [-0.2, -0.15) is 0 Å². The number of rotatable bonds is 5. The molecule has 0 atom stereocenters. The summed E-state index contributed by atoms with van der Waals surface area (Å²) < 4.78 is 7.45. The average molecular weight is 486 g/mol. The number of fused-ring (bicyclic) bond motifs is 4. The molecule has 0 aliphatic heterocycles. The highest BCUT2D eigenvalue weighted by Crippen LogP contribution is 2.32. The molecule has 4 heterocycles. The Morgan fingerprint density at radius 1 is 1.12 bits per heavy atom. The zero-order valence-electron chi connectivity index (χ0n) is 18.4. The van der Waals surface area contributed by atoms with Crippen molar-refractivity contribution < 1.29 is 4.74 Å². The number of hydrogen-bond donors (Lipinski definition) is 1. The van der Waals surface area contributed by atoms with Gasteiger partial charge in [0.15, 0.2) is 10.8 Å². The molecule has 34 heavy (non-hydrogen) atoms. The molecule has 0 spiro atoms. The number of pyridine rings is 1. The van der Waals surface area contributed by atoms with Gasteiger partial charge in [-0.1, -0.05) is 42.1 Å². The first-order valence-corrected chi connectivity index (χ1v) is 12.5. The third kappa shape index (κ3) is 3.44. The Morgan fingerprint density at radius 3 is 2.79 bits per heavy atom. The SMILES string of the molecule is COc1ccc2c(C)cc3nnc(SCc4nc5scc(-c6ccccc6)c5c(=O)[nH]4)n3c2c1. The van der Waals surface area contributed by atoms with E-state index in [1.165, 1.54) is 23.1 Å². The Bertz CT molecular complexity index is 1740. The van der Waals surface area contributed by atoms with Gasteiger partial charge in [0.2, 0.25) is 0 Å². The van der Waals surface area contributed by atoms with Crippen molar-refractivity contribution in [1.29, 1.82) is 0 Å². The fourth-order valence-electron chi connectivity index (χ4n) is 4.15. The van der Waals surface area contributed by atoms with Crippen LogP contribution >= 0.6 is 23.1 Å². The van der Waals surface area contributed by atoms with Gasteiger partial charge in [-0.05, 0) is 36.2 Å². The Kier molecular flexibility index (Phi) is 5.08. The topological polar surface area (TPSA) is 85.2 Å². The zero-order valence-corrected chi connectivity index (χ0v) is 20.0. The second kappa shape index (κ2) is 8.27. The number of nitrogens with one attached hydrogen (secondary N) is 1. The summed E-state index contributed by atoms with van der Waals surface area (Å²) in [5.74, 6) is 1.84. The molecule has 9 heteroatoms. The molecule has 0 aliphatic rings. The van der Waals surface area contributed by atoms with Crippen molar-refractivity contribution in [2.75, 3.05) is 7.11 Å². The molecule has 0 unspecified atom stereocenters.